The van der Waals surface area contributed by atoms with Crippen LogP contribution >= 0.6 is 11.6 Å². The maximum absolute atomic E-state index is 13.2. The van der Waals surface area contributed by atoms with E-state index in [9.17, 15) is 22.8 Å². The molecule has 0 radical (unpaired) electrons. The van der Waals surface area contributed by atoms with Gasteiger partial charge < -0.3 is 10.6 Å². The summed E-state index contributed by atoms with van der Waals surface area (Å²) in [6.45, 7) is 0. The zero-order valence-corrected chi connectivity index (χ0v) is 20.4. The number of carbonyl (C=O) groups is 1. The van der Waals surface area contributed by atoms with Crippen LogP contribution in [0.1, 0.15) is 5.56 Å². The number of rotatable bonds is 4. The van der Waals surface area contributed by atoms with Crippen molar-refractivity contribution in [3.63, 3.8) is 0 Å². The second-order valence-corrected chi connectivity index (χ2v) is 8.74. The molecule has 2 N–H and O–H groups in total. The predicted octanol–water partition coefficient (Wildman–Crippen LogP) is 6.10. The quantitative estimate of drug-likeness (QED) is 0.289. The highest BCUT2D eigenvalue weighted by molar-refractivity contribution is 6.31. The number of hydrogen-bond acceptors (Lipinski definition) is 4. The first-order valence-electron chi connectivity index (χ1n) is 11.2. The lowest BCUT2D eigenvalue weighted by atomic mass is 10.1. The lowest BCUT2D eigenvalue weighted by Gasteiger charge is -2.13. The second kappa shape index (κ2) is 9.67. The van der Waals surface area contributed by atoms with E-state index in [2.05, 4.69) is 20.8 Å². The molecule has 2 amide bonds. The van der Waals surface area contributed by atoms with Gasteiger partial charge in [-0.15, -0.1) is 0 Å². The van der Waals surface area contributed by atoms with Crippen LogP contribution in [0, 0.1) is 0 Å². The van der Waals surface area contributed by atoms with Gasteiger partial charge in [0.15, 0.2) is 0 Å². The van der Waals surface area contributed by atoms with Gasteiger partial charge in [-0.3, -0.25) is 9.48 Å². The van der Waals surface area contributed by atoms with Gasteiger partial charge >= 0.3 is 12.2 Å². The molecule has 8 nitrogen and oxygen atoms in total. The molecule has 0 aliphatic rings. The molecular formula is C26H18ClF3N6O2. The number of nitrogens with one attached hydrogen (secondary N) is 2. The fourth-order valence-electron chi connectivity index (χ4n) is 3.92. The number of nitrogens with zero attached hydrogens (tertiary/aromatic N) is 4. The van der Waals surface area contributed by atoms with Crippen molar-refractivity contribution in [3.05, 3.63) is 100 Å². The molecule has 12 heteroatoms. The monoisotopic (exact) mass is 538 g/mol. The third-order valence-electron chi connectivity index (χ3n) is 5.68. The van der Waals surface area contributed by atoms with Crippen LogP contribution in [0.4, 0.5) is 29.3 Å². The molecule has 0 spiro atoms. The maximum atomic E-state index is 13.2. The fraction of sp³-hybridized carbons (Fsp3) is 0.0769. The highest BCUT2D eigenvalue weighted by Crippen LogP contribution is 2.36. The molecule has 0 aliphatic carbocycles. The summed E-state index contributed by atoms with van der Waals surface area (Å²) in [5.41, 5.74) is 0.655. The number of anilines is 2. The molecule has 2 heterocycles. The van der Waals surface area contributed by atoms with Crippen molar-refractivity contribution < 1.29 is 18.0 Å². The molecule has 0 saturated carbocycles. The molecule has 38 heavy (non-hydrogen) atoms. The lowest BCUT2D eigenvalue weighted by Crippen LogP contribution is -2.22. The van der Waals surface area contributed by atoms with E-state index >= 15 is 0 Å². The maximum Gasteiger partial charge on any atom is 0.417 e. The summed E-state index contributed by atoms with van der Waals surface area (Å²) >= 11 is 5.62. The van der Waals surface area contributed by atoms with Crippen LogP contribution in [0.2, 0.25) is 5.02 Å². The number of amides is 2. The van der Waals surface area contributed by atoms with Crippen molar-refractivity contribution >= 4 is 39.8 Å². The molecule has 0 bridgehead atoms. The summed E-state index contributed by atoms with van der Waals surface area (Å²) in [7, 11) is 1.78. The van der Waals surface area contributed by atoms with Crippen LogP contribution in [-0.4, -0.2) is 25.6 Å². The van der Waals surface area contributed by atoms with Gasteiger partial charge in [0.2, 0.25) is 0 Å². The Bertz CT molecular complexity index is 1730. The van der Waals surface area contributed by atoms with Gasteiger partial charge in [-0.2, -0.15) is 28.1 Å². The average Bonchev–Trinajstić information content (AvgIpc) is 3.31. The van der Waals surface area contributed by atoms with Gasteiger partial charge in [0.25, 0.3) is 5.56 Å². The third-order valence-corrected chi connectivity index (χ3v) is 6.01. The molecule has 5 rings (SSSR count). The number of aromatic nitrogens is 4. The van der Waals surface area contributed by atoms with E-state index in [1.54, 1.807) is 60.5 Å². The van der Waals surface area contributed by atoms with Crippen molar-refractivity contribution in [2.75, 3.05) is 10.6 Å². The van der Waals surface area contributed by atoms with Crippen molar-refractivity contribution in [2.45, 2.75) is 6.18 Å². The number of aryl methyl sites for hydroxylation is 1. The first kappa shape index (κ1) is 25.0. The van der Waals surface area contributed by atoms with Crippen molar-refractivity contribution in [1.82, 2.24) is 19.6 Å². The minimum absolute atomic E-state index is 0.0781. The number of hydrogen-bond donors (Lipinski definition) is 2. The smallest absolute Gasteiger partial charge is 0.308 e. The zero-order chi connectivity index (χ0) is 27.0. The van der Waals surface area contributed by atoms with E-state index in [0.29, 0.717) is 27.8 Å². The highest BCUT2D eigenvalue weighted by Gasteiger charge is 2.33. The van der Waals surface area contributed by atoms with Crippen molar-refractivity contribution in [2.24, 2.45) is 7.05 Å². The normalized spacial score (nSPS) is 11.5. The molecule has 0 aliphatic heterocycles. The van der Waals surface area contributed by atoms with Gasteiger partial charge in [0.05, 0.1) is 27.9 Å². The van der Waals surface area contributed by atoms with Gasteiger partial charge in [0, 0.05) is 35.6 Å². The molecule has 192 valence electrons. The first-order chi connectivity index (χ1) is 18.1. The molecule has 2 aromatic heterocycles. The van der Waals surface area contributed by atoms with Crippen LogP contribution in [0.5, 0.6) is 0 Å². The largest absolute Gasteiger partial charge is 0.417 e. The van der Waals surface area contributed by atoms with E-state index in [4.69, 9.17) is 11.6 Å². The van der Waals surface area contributed by atoms with Crippen LogP contribution in [0.25, 0.3) is 27.7 Å². The van der Waals surface area contributed by atoms with E-state index in [-0.39, 0.29) is 11.2 Å². The second-order valence-electron chi connectivity index (χ2n) is 8.33. The van der Waals surface area contributed by atoms with Crippen molar-refractivity contribution in [3.8, 4) is 16.9 Å². The molecule has 5 aromatic rings. The van der Waals surface area contributed by atoms with Crippen LogP contribution in [-0.2, 0) is 13.2 Å². The Kier molecular flexibility index (Phi) is 6.37. The summed E-state index contributed by atoms with van der Waals surface area (Å²) in [6.07, 6.45) is -1.20. The molecule has 0 atom stereocenters. The minimum atomic E-state index is -4.66. The molecule has 0 unspecified atom stereocenters. The number of fused-ring (bicyclic) bond motifs is 1. The minimum Gasteiger partial charge on any atom is -0.308 e. The Hall–Kier alpha value is -4.64. The van der Waals surface area contributed by atoms with Crippen LogP contribution in [0.15, 0.2) is 83.9 Å². The van der Waals surface area contributed by atoms with Crippen molar-refractivity contribution in [1.29, 1.82) is 0 Å². The number of carbonyl (C=O) groups excluding carboxylic acids is 1. The molecule has 3 aromatic carbocycles. The van der Waals surface area contributed by atoms with Crippen LogP contribution < -0.4 is 16.2 Å². The highest BCUT2D eigenvalue weighted by atomic mass is 35.5. The third kappa shape index (κ3) is 4.96. The van der Waals surface area contributed by atoms with Gasteiger partial charge in [-0.05, 0) is 48.5 Å². The Morgan fingerprint density at radius 1 is 0.947 bits per heavy atom. The topological polar surface area (TPSA) is 93.8 Å². The Balaban J connectivity index is 1.40. The summed E-state index contributed by atoms with van der Waals surface area (Å²) in [5, 5.41) is 14.4. The Morgan fingerprint density at radius 3 is 2.26 bits per heavy atom. The summed E-state index contributed by atoms with van der Waals surface area (Å²) < 4.78 is 42.1. The lowest BCUT2D eigenvalue weighted by molar-refractivity contribution is -0.137. The average molecular weight is 539 g/mol. The standard InChI is InChI=1S/C26H18ClF3N6O2/c1-35-14-15(13-31-35)23-19-4-2-3-5-20(19)24(37)36(34-23)18-9-6-16(7-10-18)32-25(38)33-17-8-11-22(27)21(12-17)26(28,29)30/h2-14H,1H3,(H2,32,33,38). The van der Waals surface area contributed by atoms with Gasteiger partial charge in [-0.25, -0.2) is 4.79 Å². The Morgan fingerprint density at radius 2 is 1.61 bits per heavy atom. The first-order valence-corrected chi connectivity index (χ1v) is 11.5. The molecular weight excluding hydrogens is 521 g/mol. The fourth-order valence-corrected chi connectivity index (χ4v) is 4.15. The number of halogens is 4. The van der Waals surface area contributed by atoms with E-state index in [0.717, 1.165) is 17.7 Å². The molecule has 0 saturated heterocycles. The molecule has 0 fully saturated rings. The van der Waals surface area contributed by atoms with Crippen LogP contribution in [0.3, 0.4) is 0 Å². The van der Waals surface area contributed by atoms with E-state index in [1.165, 1.54) is 10.7 Å². The van der Waals surface area contributed by atoms with E-state index < -0.39 is 22.8 Å². The van der Waals surface area contributed by atoms with E-state index in [1.807, 2.05) is 12.1 Å². The van der Waals surface area contributed by atoms with Gasteiger partial charge in [0.1, 0.15) is 5.69 Å². The summed E-state index contributed by atoms with van der Waals surface area (Å²) in [6, 6.07) is 15.7. The summed E-state index contributed by atoms with van der Waals surface area (Å²) in [4.78, 5) is 25.6. The predicted molar refractivity (Wildman–Crippen MR) is 139 cm³/mol. The number of alkyl halides is 3. The Labute approximate surface area is 218 Å². The number of urea groups is 1. The van der Waals surface area contributed by atoms with Gasteiger partial charge in [-0.1, -0.05) is 29.8 Å². The SMILES string of the molecule is Cn1cc(-c2nn(-c3ccc(NC(=O)Nc4ccc(Cl)c(C(F)(F)F)c4)cc3)c(=O)c3ccccc23)cn1. The zero-order valence-electron chi connectivity index (χ0n) is 19.6. The number of benzene rings is 3. The summed E-state index contributed by atoms with van der Waals surface area (Å²) in [5.74, 6) is 0.